The second kappa shape index (κ2) is 6.83. The molecule has 0 radical (unpaired) electrons. The number of hydrogen-bond donors (Lipinski definition) is 1. The van der Waals surface area contributed by atoms with Gasteiger partial charge in [0.2, 0.25) is 0 Å². The van der Waals surface area contributed by atoms with E-state index in [1.54, 1.807) is 0 Å². The summed E-state index contributed by atoms with van der Waals surface area (Å²) in [4.78, 5) is 0. The third-order valence-corrected chi connectivity index (χ3v) is 3.78. The average molecular weight is 294 g/mol. The van der Waals surface area contributed by atoms with E-state index in [4.69, 9.17) is 23.2 Å². The normalized spacial score (nSPS) is 12.2. The predicted molar refractivity (Wildman–Crippen MR) is 84.2 cm³/mol. The van der Waals surface area contributed by atoms with Crippen LogP contribution in [0.15, 0.2) is 48.5 Å². The van der Waals surface area contributed by atoms with E-state index in [0.29, 0.717) is 16.1 Å². The van der Waals surface area contributed by atoms with Crippen LogP contribution >= 0.6 is 23.2 Å². The van der Waals surface area contributed by atoms with Gasteiger partial charge < -0.3 is 5.32 Å². The molecule has 100 valence electrons. The van der Waals surface area contributed by atoms with Crippen molar-refractivity contribution in [1.29, 1.82) is 0 Å². The second-order valence-corrected chi connectivity index (χ2v) is 5.34. The molecule has 0 saturated carbocycles. The van der Waals surface area contributed by atoms with Crippen molar-refractivity contribution in [2.75, 3.05) is 5.32 Å². The smallest absolute Gasteiger partial charge is 0.0612 e. The molecule has 19 heavy (non-hydrogen) atoms. The van der Waals surface area contributed by atoms with Gasteiger partial charge in [-0.2, -0.15) is 0 Å². The number of hydrogen-bond acceptors (Lipinski definition) is 1. The monoisotopic (exact) mass is 293 g/mol. The third-order valence-electron chi connectivity index (χ3n) is 3.04. The van der Waals surface area contributed by atoms with Gasteiger partial charge in [0.25, 0.3) is 0 Å². The molecule has 0 aliphatic carbocycles. The lowest BCUT2D eigenvalue weighted by Crippen LogP contribution is -2.10. The number of benzene rings is 2. The van der Waals surface area contributed by atoms with Crippen LogP contribution in [0.3, 0.4) is 0 Å². The Morgan fingerprint density at radius 3 is 2.37 bits per heavy atom. The standard InChI is InChI=1S/C16H17Cl2N/c1-2-6-16(12-7-4-3-5-8-12)19-13-9-10-14(17)15(18)11-13/h3-5,7-11,16,19H,2,6H2,1H3. The van der Waals surface area contributed by atoms with E-state index in [9.17, 15) is 0 Å². The van der Waals surface area contributed by atoms with Crippen LogP contribution in [0, 0.1) is 0 Å². The molecule has 0 amide bonds. The SMILES string of the molecule is CCCC(Nc1ccc(Cl)c(Cl)c1)c1ccccc1. The van der Waals surface area contributed by atoms with Gasteiger partial charge in [-0.25, -0.2) is 0 Å². The van der Waals surface area contributed by atoms with Gasteiger partial charge in [0.05, 0.1) is 16.1 Å². The minimum absolute atomic E-state index is 0.295. The number of anilines is 1. The first-order valence-corrected chi connectivity index (χ1v) is 7.23. The van der Waals surface area contributed by atoms with E-state index in [2.05, 4.69) is 36.5 Å². The van der Waals surface area contributed by atoms with Gasteiger partial charge in [0.1, 0.15) is 0 Å². The molecule has 0 aromatic heterocycles. The summed E-state index contributed by atoms with van der Waals surface area (Å²) in [5.41, 5.74) is 2.28. The molecule has 3 heteroatoms. The van der Waals surface area contributed by atoms with Crippen LogP contribution in [0.2, 0.25) is 10.0 Å². The Balaban J connectivity index is 2.19. The third kappa shape index (κ3) is 3.89. The zero-order valence-electron chi connectivity index (χ0n) is 10.9. The maximum Gasteiger partial charge on any atom is 0.0612 e. The lowest BCUT2D eigenvalue weighted by Gasteiger charge is -2.20. The molecule has 1 atom stereocenters. The van der Waals surface area contributed by atoms with E-state index in [0.717, 1.165) is 18.5 Å². The Kier molecular flexibility index (Phi) is 5.12. The van der Waals surface area contributed by atoms with Gasteiger partial charge in [0, 0.05) is 5.69 Å². The van der Waals surface area contributed by atoms with Crippen molar-refractivity contribution < 1.29 is 0 Å². The van der Waals surface area contributed by atoms with E-state index in [-0.39, 0.29) is 0 Å². The summed E-state index contributed by atoms with van der Waals surface area (Å²) in [7, 11) is 0. The molecule has 1 nitrogen and oxygen atoms in total. The van der Waals surface area contributed by atoms with E-state index >= 15 is 0 Å². The molecule has 0 spiro atoms. The molecule has 0 saturated heterocycles. The zero-order chi connectivity index (χ0) is 13.7. The molecule has 1 N–H and O–H groups in total. The highest BCUT2D eigenvalue weighted by molar-refractivity contribution is 6.42. The highest BCUT2D eigenvalue weighted by Crippen LogP contribution is 2.29. The Morgan fingerprint density at radius 2 is 1.74 bits per heavy atom. The Labute approximate surface area is 124 Å². The molecule has 0 aliphatic heterocycles. The first kappa shape index (κ1) is 14.2. The minimum Gasteiger partial charge on any atom is -0.378 e. The van der Waals surface area contributed by atoms with Crippen LogP contribution in [-0.2, 0) is 0 Å². The number of halogens is 2. The van der Waals surface area contributed by atoms with Crippen LogP contribution in [0.25, 0.3) is 0 Å². The summed E-state index contributed by atoms with van der Waals surface area (Å²) in [6.07, 6.45) is 2.19. The minimum atomic E-state index is 0.295. The summed E-state index contributed by atoms with van der Waals surface area (Å²) < 4.78 is 0. The van der Waals surface area contributed by atoms with Crippen LogP contribution in [0.1, 0.15) is 31.4 Å². The van der Waals surface area contributed by atoms with Gasteiger partial charge in [0.15, 0.2) is 0 Å². The van der Waals surface area contributed by atoms with E-state index in [1.165, 1.54) is 5.56 Å². The molecular formula is C16H17Cl2N. The quantitative estimate of drug-likeness (QED) is 0.718. The summed E-state index contributed by atoms with van der Waals surface area (Å²) in [6, 6.07) is 16.4. The largest absolute Gasteiger partial charge is 0.378 e. The molecule has 0 fully saturated rings. The maximum atomic E-state index is 6.05. The fraction of sp³-hybridized carbons (Fsp3) is 0.250. The molecule has 1 unspecified atom stereocenters. The summed E-state index contributed by atoms with van der Waals surface area (Å²) in [5, 5.41) is 4.68. The van der Waals surface area contributed by atoms with Gasteiger partial charge in [-0.3, -0.25) is 0 Å². The molecule has 0 aliphatic rings. The molecule has 0 heterocycles. The van der Waals surface area contributed by atoms with Crippen LogP contribution < -0.4 is 5.32 Å². The molecule has 2 aromatic rings. The van der Waals surface area contributed by atoms with Crippen molar-refractivity contribution in [3.8, 4) is 0 Å². The van der Waals surface area contributed by atoms with Crippen LogP contribution in [0.5, 0.6) is 0 Å². The molecule has 2 aromatic carbocycles. The lowest BCUT2D eigenvalue weighted by atomic mass is 10.0. The molecule has 0 bridgehead atoms. The molecular weight excluding hydrogens is 277 g/mol. The van der Waals surface area contributed by atoms with E-state index < -0.39 is 0 Å². The maximum absolute atomic E-state index is 6.05. The van der Waals surface area contributed by atoms with Crippen LogP contribution in [0.4, 0.5) is 5.69 Å². The van der Waals surface area contributed by atoms with Crippen LogP contribution in [-0.4, -0.2) is 0 Å². The van der Waals surface area contributed by atoms with Gasteiger partial charge in [-0.15, -0.1) is 0 Å². The molecule has 2 rings (SSSR count). The number of nitrogens with one attached hydrogen (secondary N) is 1. The van der Waals surface area contributed by atoms with Crippen molar-refractivity contribution in [3.63, 3.8) is 0 Å². The van der Waals surface area contributed by atoms with Crippen molar-refractivity contribution in [2.24, 2.45) is 0 Å². The predicted octanol–water partition coefficient (Wildman–Crippen LogP) is 5.95. The summed E-state index contributed by atoms with van der Waals surface area (Å²) >= 11 is 12.0. The zero-order valence-corrected chi connectivity index (χ0v) is 12.4. The van der Waals surface area contributed by atoms with Gasteiger partial charge in [-0.1, -0.05) is 66.9 Å². The Hall–Kier alpha value is -1.18. The fourth-order valence-corrected chi connectivity index (χ4v) is 2.38. The number of rotatable bonds is 5. The topological polar surface area (TPSA) is 12.0 Å². The lowest BCUT2D eigenvalue weighted by molar-refractivity contribution is 0.677. The van der Waals surface area contributed by atoms with Crippen molar-refractivity contribution in [2.45, 2.75) is 25.8 Å². The average Bonchev–Trinajstić information content (AvgIpc) is 2.43. The Bertz CT molecular complexity index is 526. The first-order valence-electron chi connectivity index (χ1n) is 6.47. The summed E-state index contributed by atoms with van der Waals surface area (Å²) in [5.74, 6) is 0. The van der Waals surface area contributed by atoms with E-state index in [1.807, 2.05) is 24.3 Å². The Morgan fingerprint density at radius 1 is 1.00 bits per heavy atom. The van der Waals surface area contributed by atoms with Crippen molar-refractivity contribution in [1.82, 2.24) is 0 Å². The van der Waals surface area contributed by atoms with Gasteiger partial charge in [-0.05, 0) is 30.2 Å². The van der Waals surface area contributed by atoms with Gasteiger partial charge >= 0.3 is 0 Å². The summed E-state index contributed by atoms with van der Waals surface area (Å²) in [6.45, 7) is 2.19. The van der Waals surface area contributed by atoms with Crippen molar-refractivity contribution >= 4 is 28.9 Å². The second-order valence-electron chi connectivity index (χ2n) is 4.53. The highest BCUT2D eigenvalue weighted by Gasteiger charge is 2.10. The first-order chi connectivity index (χ1) is 9.20. The highest BCUT2D eigenvalue weighted by atomic mass is 35.5. The van der Waals surface area contributed by atoms with Crippen molar-refractivity contribution in [3.05, 3.63) is 64.1 Å². The fourth-order valence-electron chi connectivity index (χ4n) is 2.08.